The van der Waals surface area contributed by atoms with Crippen molar-refractivity contribution >= 4 is 25.3 Å². The van der Waals surface area contributed by atoms with Crippen LogP contribution in [0.15, 0.2) is 48.5 Å². The Morgan fingerprint density at radius 3 is 1.71 bits per heavy atom. The van der Waals surface area contributed by atoms with Crippen LogP contribution in [-0.2, 0) is 34.8 Å². The zero-order chi connectivity index (χ0) is 14.9. The highest BCUT2D eigenvalue weighted by molar-refractivity contribution is 7.61. The second-order valence-electron chi connectivity index (χ2n) is 6.84. The van der Waals surface area contributed by atoms with Gasteiger partial charge in [0.25, 0.3) is 0 Å². The Morgan fingerprint density at radius 1 is 0.857 bits per heavy atom. The molecule has 3 aliphatic carbocycles. The van der Waals surface area contributed by atoms with Crippen LogP contribution in [0.2, 0.25) is 0 Å². The Morgan fingerprint density at radius 2 is 1.29 bits per heavy atom. The van der Waals surface area contributed by atoms with Gasteiger partial charge in [0.2, 0.25) is 0 Å². The maximum Gasteiger partial charge on any atom is 0.180 e. The van der Waals surface area contributed by atoms with Gasteiger partial charge < -0.3 is 0 Å². The number of hydrogen-bond donors (Lipinski definition) is 0. The molecule has 0 aliphatic heterocycles. The van der Waals surface area contributed by atoms with Crippen molar-refractivity contribution in [2.24, 2.45) is 5.41 Å². The summed E-state index contributed by atoms with van der Waals surface area (Å²) in [7, 11) is 0. The lowest BCUT2D eigenvalue weighted by Gasteiger charge is -2.55. The topological polar surface area (TPSA) is 0 Å². The SMILES string of the molecule is CC[C@@]1(C)CC2([SH2+])c3ccccc3C1([SH2+])c1ccccc12. The highest BCUT2D eigenvalue weighted by atomic mass is 32.1. The molecule has 2 heteroatoms. The molecule has 0 saturated heterocycles. The third-order valence-corrected chi connectivity index (χ3v) is 7.78. The molecular formula is C19H22S2+2. The number of rotatable bonds is 1. The molecule has 0 heterocycles. The molecule has 0 saturated carbocycles. The second-order valence-corrected chi connectivity index (χ2v) is 8.44. The average molecular weight is 315 g/mol. The largest absolute Gasteiger partial charge is 0.180 e. The van der Waals surface area contributed by atoms with Gasteiger partial charge in [0.15, 0.2) is 9.49 Å². The van der Waals surface area contributed by atoms with Gasteiger partial charge in [0.1, 0.15) is 0 Å². The first-order chi connectivity index (χ1) is 9.97. The van der Waals surface area contributed by atoms with Crippen LogP contribution in [0, 0.1) is 5.41 Å². The predicted octanol–water partition coefficient (Wildman–Crippen LogP) is 3.33. The van der Waals surface area contributed by atoms with E-state index in [0.717, 1.165) is 12.8 Å². The Balaban J connectivity index is 2.18. The van der Waals surface area contributed by atoms with Crippen LogP contribution in [0.3, 0.4) is 0 Å². The van der Waals surface area contributed by atoms with Crippen molar-refractivity contribution in [1.82, 2.24) is 0 Å². The van der Waals surface area contributed by atoms with Gasteiger partial charge in [-0.1, -0.05) is 62.4 Å². The lowest BCUT2D eigenvalue weighted by Crippen LogP contribution is -2.58. The van der Waals surface area contributed by atoms with Crippen LogP contribution in [0.1, 0.15) is 48.9 Å². The van der Waals surface area contributed by atoms with Crippen LogP contribution in [0.25, 0.3) is 0 Å². The summed E-state index contributed by atoms with van der Waals surface area (Å²) in [5.74, 6) is 0. The van der Waals surface area contributed by atoms with Gasteiger partial charge in [-0.3, -0.25) is 0 Å². The molecule has 1 atom stereocenters. The van der Waals surface area contributed by atoms with E-state index < -0.39 is 0 Å². The first-order valence-electron chi connectivity index (χ1n) is 7.67. The van der Waals surface area contributed by atoms with Crippen LogP contribution in [-0.4, -0.2) is 0 Å². The smallest absolute Gasteiger partial charge is 0.0646 e. The van der Waals surface area contributed by atoms with Crippen LogP contribution < -0.4 is 0 Å². The van der Waals surface area contributed by atoms with Crippen molar-refractivity contribution in [3.63, 3.8) is 0 Å². The van der Waals surface area contributed by atoms with E-state index >= 15 is 0 Å². The fourth-order valence-electron chi connectivity index (χ4n) is 4.60. The molecule has 3 aliphatic rings. The molecular weight excluding hydrogens is 292 g/mol. The zero-order valence-corrected chi connectivity index (χ0v) is 14.5. The third kappa shape index (κ3) is 1.41. The monoisotopic (exact) mass is 314 g/mol. The molecule has 0 amide bonds. The summed E-state index contributed by atoms with van der Waals surface area (Å²) in [6.45, 7) is 4.73. The summed E-state index contributed by atoms with van der Waals surface area (Å²) in [6.07, 6.45) is 2.26. The van der Waals surface area contributed by atoms with E-state index in [1.165, 1.54) is 22.3 Å². The summed E-state index contributed by atoms with van der Waals surface area (Å²) in [6, 6.07) is 17.8. The van der Waals surface area contributed by atoms with Gasteiger partial charge in [0.05, 0.1) is 0 Å². The fraction of sp³-hybridized carbons (Fsp3) is 0.368. The molecule has 108 valence electrons. The highest BCUT2D eigenvalue weighted by Crippen LogP contribution is 2.66. The first kappa shape index (κ1) is 13.8. The standard InChI is InChI=1S/C19H20S2/c1-3-17(2)12-18(20)13-8-4-6-10-15(13)19(17,21)16-11-7-5-9-14(16)18/h4-11,20-21H,3,12H2,1-2H3/p+2/t17-,18?,19?/m0/s1. The lowest BCUT2D eigenvalue weighted by molar-refractivity contribution is 0.166. The molecule has 0 spiro atoms. The van der Waals surface area contributed by atoms with Gasteiger partial charge >= 0.3 is 0 Å². The quantitative estimate of drug-likeness (QED) is 0.708. The normalized spacial score (nSPS) is 36.2. The predicted molar refractivity (Wildman–Crippen MR) is 97.8 cm³/mol. The average Bonchev–Trinajstić information content (AvgIpc) is 2.52. The minimum Gasteiger partial charge on any atom is -0.0646 e. The van der Waals surface area contributed by atoms with Gasteiger partial charge in [-0.2, -0.15) is 0 Å². The van der Waals surface area contributed by atoms with E-state index in [2.05, 4.69) is 87.6 Å². The Kier molecular flexibility index (Phi) is 2.70. The van der Waals surface area contributed by atoms with Crippen LogP contribution in [0.5, 0.6) is 0 Å². The van der Waals surface area contributed by atoms with Crippen molar-refractivity contribution < 1.29 is 0 Å². The molecule has 2 aromatic carbocycles. The van der Waals surface area contributed by atoms with Crippen molar-refractivity contribution in [1.29, 1.82) is 0 Å². The van der Waals surface area contributed by atoms with Gasteiger partial charge in [-0.25, -0.2) is 0 Å². The lowest BCUT2D eigenvalue weighted by atomic mass is 9.51. The van der Waals surface area contributed by atoms with E-state index in [4.69, 9.17) is 0 Å². The van der Waals surface area contributed by atoms with E-state index in [1.54, 1.807) is 0 Å². The number of benzene rings is 2. The van der Waals surface area contributed by atoms with Gasteiger partial charge in [-0.05, 0) is 31.7 Å². The fourth-order valence-corrected chi connectivity index (χ4v) is 6.13. The molecule has 0 fully saturated rings. The first-order valence-corrected chi connectivity index (χ1v) is 8.67. The van der Waals surface area contributed by atoms with Crippen LogP contribution >= 0.6 is 0 Å². The Hall–Kier alpha value is -0.860. The molecule has 0 aromatic heterocycles. The van der Waals surface area contributed by atoms with E-state index in [0.29, 0.717) is 0 Å². The zero-order valence-electron chi connectivity index (χ0n) is 12.5. The molecule has 0 nitrogen and oxygen atoms in total. The Labute approximate surface area is 137 Å². The van der Waals surface area contributed by atoms with E-state index in [9.17, 15) is 0 Å². The molecule has 0 N–H and O–H groups in total. The summed E-state index contributed by atoms with van der Waals surface area (Å²) in [5, 5.41) is 0. The Bertz CT molecular complexity index is 686. The van der Waals surface area contributed by atoms with Crippen molar-refractivity contribution in [2.75, 3.05) is 0 Å². The van der Waals surface area contributed by atoms with E-state index in [-0.39, 0.29) is 14.9 Å². The summed E-state index contributed by atoms with van der Waals surface area (Å²) < 4.78 is -0.157. The molecule has 2 bridgehead atoms. The van der Waals surface area contributed by atoms with Crippen molar-refractivity contribution in [3.8, 4) is 0 Å². The maximum absolute atomic E-state index is 4.28. The molecule has 21 heavy (non-hydrogen) atoms. The van der Waals surface area contributed by atoms with Gasteiger partial charge in [-0.15, -0.1) is 0 Å². The van der Waals surface area contributed by atoms with E-state index in [1.807, 2.05) is 0 Å². The summed E-state index contributed by atoms with van der Waals surface area (Å²) in [4.78, 5) is 0. The molecule has 0 radical (unpaired) electrons. The minimum atomic E-state index is -0.0939. The number of hydrogen-bond acceptors (Lipinski definition) is 0. The number of fused-ring (bicyclic) bond motifs is 1. The minimum absolute atomic E-state index is 0.0631. The van der Waals surface area contributed by atoms with Crippen molar-refractivity contribution in [2.45, 2.75) is 36.2 Å². The van der Waals surface area contributed by atoms with Crippen LogP contribution in [0.4, 0.5) is 0 Å². The van der Waals surface area contributed by atoms with Gasteiger partial charge in [0, 0.05) is 34.1 Å². The summed E-state index contributed by atoms with van der Waals surface area (Å²) in [5.41, 5.74) is 5.87. The summed E-state index contributed by atoms with van der Waals surface area (Å²) >= 11 is 8.49. The molecule has 0 unspecified atom stereocenters. The van der Waals surface area contributed by atoms with Crippen molar-refractivity contribution in [3.05, 3.63) is 70.8 Å². The third-order valence-electron chi connectivity index (χ3n) is 5.92. The molecule has 5 rings (SSSR count). The molecule has 2 aromatic rings. The second kappa shape index (κ2) is 4.11. The highest BCUT2D eigenvalue weighted by Gasteiger charge is 2.68. The maximum atomic E-state index is 4.28.